The summed E-state index contributed by atoms with van der Waals surface area (Å²) >= 11 is 0. The highest BCUT2D eigenvalue weighted by atomic mass is 15.2. The molecule has 1 aromatic heterocycles. The molecule has 2 heteroatoms. The van der Waals surface area contributed by atoms with Crippen LogP contribution in [-0.4, -0.2) is 4.98 Å². The monoisotopic (exact) mass is 448 g/mol. The lowest BCUT2D eigenvalue weighted by Crippen LogP contribution is -2.16. The SMILES string of the molecule is C=Cc1cc2c(cc1C)-c1nccc3c1c(cc1c4cc(C)ccc4ccc31)N2c1ccccc1. The van der Waals surface area contributed by atoms with E-state index in [2.05, 4.69) is 110 Å². The first-order valence-electron chi connectivity index (χ1n) is 12.0. The van der Waals surface area contributed by atoms with E-state index in [1.807, 2.05) is 12.3 Å². The van der Waals surface area contributed by atoms with Crippen molar-refractivity contribution in [2.45, 2.75) is 13.8 Å². The molecule has 1 aliphatic heterocycles. The molecule has 5 aromatic carbocycles. The van der Waals surface area contributed by atoms with Crippen LogP contribution in [0.2, 0.25) is 0 Å². The fourth-order valence-corrected chi connectivity index (χ4v) is 5.67. The van der Waals surface area contributed by atoms with E-state index < -0.39 is 0 Å². The van der Waals surface area contributed by atoms with Gasteiger partial charge in [-0.1, -0.05) is 66.7 Å². The molecule has 2 nitrogen and oxygen atoms in total. The molecule has 0 amide bonds. The van der Waals surface area contributed by atoms with Crippen molar-refractivity contribution in [1.29, 1.82) is 0 Å². The molecule has 0 aliphatic carbocycles. The minimum atomic E-state index is 1.05. The first-order valence-corrected chi connectivity index (χ1v) is 12.0. The third kappa shape index (κ3) is 2.80. The van der Waals surface area contributed by atoms with Crippen molar-refractivity contribution < 1.29 is 0 Å². The van der Waals surface area contributed by atoms with Gasteiger partial charge in [-0.15, -0.1) is 0 Å². The largest absolute Gasteiger partial charge is 0.309 e. The van der Waals surface area contributed by atoms with Crippen LogP contribution in [-0.2, 0) is 0 Å². The Bertz CT molecular complexity index is 1830. The van der Waals surface area contributed by atoms with Gasteiger partial charge in [0.15, 0.2) is 0 Å². The van der Waals surface area contributed by atoms with Crippen molar-refractivity contribution in [2.24, 2.45) is 0 Å². The summed E-state index contributed by atoms with van der Waals surface area (Å²) in [6.45, 7) is 8.38. The first kappa shape index (κ1) is 20.0. The molecule has 0 atom stereocenters. The van der Waals surface area contributed by atoms with E-state index in [1.165, 1.54) is 49.1 Å². The average Bonchev–Trinajstić information content (AvgIpc) is 2.89. The smallest absolute Gasteiger partial charge is 0.0822 e. The van der Waals surface area contributed by atoms with Gasteiger partial charge in [0.05, 0.1) is 17.1 Å². The molecule has 7 rings (SSSR count). The third-order valence-electron chi connectivity index (χ3n) is 7.35. The quantitative estimate of drug-likeness (QED) is 0.245. The Kier molecular flexibility index (Phi) is 4.16. The molecule has 0 bridgehead atoms. The van der Waals surface area contributed by atoms with Crippen LogP contribution in [0.3, 0.4) is 0 Å². The van der Waals surface area contributed by atoms with Crippen molar-refractivity contribution >= 4 is 55.5 Å². The number of hydrogen-bond donors (Lipinski definition) is 0. The lowest BCUT2D eigenvalue weighted by atomic mass is 9.88. The highest BCUT2D eigenvalue weighted by Gasteiger charge is 2.28. The summed E-state index contributed by atoms with van der Waals surface area (Å²) in [6.07, 6.45) is 3.90. The molecule has 2 heterocycles. The van der Waals surface area contributed by atoms with Crippen LogP contribution in [0.4, 0.5) is 17.1 Å². The van der Waals surface area contributed by atoms with Crippen LogP contribution >= 0.6 is 0 Å². The Balaban J connectivity index is 1.71. The predicted molar refractivity (Wildman–Crippen MR) is 150 cm³/mol. The zero-order valence-corrected chi connectivity index (χ0v) is 19.8. The van der Waals surface area contributed by atoms with Gasteiger partial charge >= 0.3 is 0 Å². The summed E-state index contributed by atoms with van der Waals surface area (Å²) in [6, 6.07) is 30.9. The standard InChI is InChI=1S/C33H24N2/c1-4-22-18-30-29(17-21(22)3)33-32-26(14-15-34-33)25-13-12-23-11-10-20(2)16-27(23)28(25)19-31(32)35(30)24-8-6-5-7-9-24/h4-19H,1H2,2-3H3. The van der Waals surface area contributed by atoms with Gasteiger partial charge in [0, 0.05) is 22.8 Å². The van der Waals surface area contributed by atoms with E-state index in [9.17, 15) is 0 Å². The number of pyridine rings is 1. The van der Waals surface area contributed by atoms with Crippen LogP contribution in [0, 0.1) is 13.8 Å². The van der Waals surface area contributed by atoms with Crippen LogP contribution in [0.15, 0.2) is 97.7 Å². The number of fused-ring (bicyclic) bond motifs is 6. The number of hydrogen-bond acceptors (Lipinski definition) is 2. The van der Waals surface area contributed by atoms with Crippen LogP contribution in [0.5, 0.6) is 0 Å². The molecule has 0 fully saturated rings. The normalized spacial score (nSPS) is 12.3. The Morgan fingerprint density at radius 2 is 1.57 bits per heavy atom. The van der Waals surface area contributed by atoms with Gasteiger partial charge < -0.3 is 4.90 Å². The van der Waals surface area contributed by atoms with Gasteiger partial charge in [-0.3, -0.25) is 4.98 Å². The van der Waals surface area contributed by atoms with Crippen LogP contribution < -0.4 is 4.90 Å². The van der Waals surface area contributed by atoms with Crippen molar-refractivity contribution in [3.8, 4) is 11.3 Å². The molecule has 0 unspecified atom stereocenters. The second-order valence-electron chi connectivity index (χ2n) is 9.46. The summed E-state index contributed by atoms with van der Waals surface area (Å²) in [5.74, 6) is 0. The van der Waals surface area contributed by atoms with E-state index >= 15 is 0 Å². The highest BCUT2D eigenvalue weighted by molar-refractivity contribution is 6.25. The van der Waals surface area contributed by atoms with Gasteiger partial charge in [-0.25, -0.2) is 0 Å². The molecule has 1 aliphatic rings. The maximum atomic E-state index is 4.93. The molecule has 0 N–H and O–H groups in total. The lowest BCUT2D eigenvalue weighted by Gasteiger charge is -2.34. The second kappa shape index (κ2) is 7.28. The number of aryl methyl sites for hydroxylation is 2. The zero-order chi connectivity index (χ0) is 23.7. The first-order chi connectivity index (χ1) is 17.1. The van der Waals surface area contributed by atoms with Gasteiger partial charge in [0.2, 0.25) is 0 Å². The highest BCUT2D eigenvalue weighted by Crippen LogP contribution is 2.52. The summed E-state index contributed by atoms with van der Waals surface area (Å²) < 4.78 is 0. The predicted octanol–water partition coefficient (Wildman–Crippen LogP) is 9.25. The number of aromatic nitrogens is 1. The Morgan fingerprint density at radius 3 is 2.40 bits per heavy atom. The van der Waals surface area contributed by atoms with Crippen molar-refractivity contribution in [1.82, 2.24) is 4.98 Å². The second-order valence-corrected chi connectivity index (χ2v) is 9.46. The number of benzene rings is 5. The minimum Gasteiger partial charge on any atom is -0.309 e. The van der Waals surface area contributed by atoms with Crippen molar-refractivity contribution in [3.63, 3.8) is 0 Å². The molecule has 166 valence electrons. The fraction of sp³-hybridized carbons (Fsp3) is 0.0606. The van der Waals surface area contributed by atoms with Crippen LogP contribution in [0.25, 0.3) is 49.7 Å². The maximum Gasteiger partial charge on any atom is 0.0822 e. The van der Waals surface area contributed by atoms with Crippen molar-refractivity contribution in [2.75, 3.05) is 4.90 Å². The number of rotatable bonds is 2. The molecule has 0 saturated carbocycles. The van der Waals surface area contributed by atoms with E-state index in [1.54, 1.807) is 0 Å². The van der Waals surface area contributed by atoms with E-state index in [4.69, 9.17) is 4.98 Å². The molecule has 35 heavy (non-hydrogen) atoms. The summed E-state index contributed by atoms with van der Waals surface area (Å²) in [4.78, 5) is 7.33. The lowest BCUT2D eigenvalue weighted by molar-refractivity contribution is 1.24. The average molecular weight is 449 g/mol. The Hall–Kier alpha value is -4.43. The molecule has 0 radical (unpaired) electrons. The van der Waals surface area contributed by atoms with Crippen LogP contribution in [0.1, 0.15) is 16.7 Å². The minimum absolute atomic E-state index is 1.05. The Morgan fingerprint density at radius 1 is 0.743 bits per heavy atom. The maximum absolute atomic E-state index is 4.93. The zero-order valence-electron chi connectivity index (χ0n) is 19.8. The number of nitrogens with zero attached hydrogens (tertiary/aromatic N) is 2. The molecule has 0 saturated heterocycles. The number of para-hydroxylation sites is 1. The third-order valence-corrected chi connectivity index (χ3v) is 7.35. The number of anilines is 3. The fourth-order valence-electron chi connectivity index (χ4n) is 5.67. The van der Waals surface area contributed by atoms with Gasteiger partial charge in [0.25, 0.3) is 0 Å². The molecule has 6 aromatic rings. The molecular weight excluding hydrogens is 424 g/mol. The van der Waals surface area contributed by atoms with Gasteiger partial charge in [-0.05, 0) is 88.3 Å². The Labute approximate surface area is 204 Å². The molecular formula is C33H24N2. The van der Waals surface area contributed by atoms with E-state index in [-0.39, 0.29) is 0 Å². The summed E-state index contributed by atoms with van der Waals surface area (Å²) in [5.41, 5.74) is 9.26. The topological polar surface area (TPSA) is 16.1 Å². The molecule has 0 spiro atoms. The van der Waals surface area contributed by atoms with E-state index in [0.717, 1.165) is 28.2 Å². The summed E-state index contributed by atoms with van der Waals surface area (Å²) in [7, 11) is 0. The van der Waals surface area contributed by atoms with Gasteiger partial charge in [-0.2, -0.15) is 0 Å². The van der Waals surface area contributed by atoms with E-state index in [0.29, 0.717) is 0 Å². The van der Waals surface area contributed by atoms with Crippen molar-refractivity contribution in [3.05, 3.63) is 114 Å². The van der Waals surface area contributed by atoms with Gasteiger partial charge in [0.1, 0.15) is 0 Å². The summed E-state index contributed by atoms with van der Waals surface area (Å²) in [5, 5.41) is 7.52.